The number of aryl methyl sites for hydroxylation is 1. The second-order valence-corrected chi connectivity index (χ2v) is 8.29. The van der Waals surface area contributed by atoms with Crippen molar-refractivity contribution in [2.24, 2.45) is 5.10 Å². The first-order chi connectivity index (χ1) is 11.7. The fourth-order valence-electron chi connectivity index (χ4n) is 2.20. The minimum atomic E-state index is -0.151. The number of carbonyl (C=O) groups is 1. The van der Waals surface area contributed by atoms with Crippen molar-refractivity contribution in [3.63, 3.8) is 0 Å². The van der Waals surface area contributed by atoms with Gasteiger partial charge in [0, 0.05) is 11.4 Å². The molecule has 0 atom stereocenters. The Morgan fingerprint density at radius 3 is 3.00 bits per heavy atom. The molecule has 0 aliphatic heterocycles. The monoisotopic (exact) mass is 422 g/mol. The molecule has 0 saturated heterocycles. The average molecular weight is 423 g/mol. The van der Waals surface area contributed by atoms with E-state index in [1.807, 2.05) is 36.4 Å². The Bertz CT molecular complexity index is 887. The van der Waals surface area contributed by atoms with Gasteiger partial charge in [0.1, 0.15) is 0 Å². The van der Waals surface area contributed by atoms with Crippen LogP contribution >= 0.6 is 39.0 Å². The topological polar surface area (TPSA) is 59.3 Å². The molecule has 0 unspecified atom stereocenters. The first-order valence-corrected chi connectivity index (χ1v) is 9.92. The number of hydrogen-bond acceptors (Lipinski definition) is 5. The Morgan fingerprint density at radius 1 is 1.42 bits per heavy atom. The van der Waals surface area contributed by atoms with E-state index in [1.165, 1.54) is 11.8 Å². The van der Waals surface area contributed by atoms with Crippen LogP contribution in [-0.2, 0) is 11.3 Å². The number of halogens is 1. The van der Waals surface area contributed by atoms with Gasteiger partial charge in [0.25, 0.3) is 5.91 Å². The fraction of sp³-hybridized carbons (Fsp3) is 0.188. The van der Waals surface area contributed by atoms with Crippen LogP contribution in [0.4, 0.5) is 0 Å². The number of nitrogens with zero attached hydrogens (tertiary/aromatic N) is 3. The van der Waals surface area contributed by atoms with Crippen molar-refractivity contribution >= 4 is 62.2 Å². The minimum absolute atomic E-state index is 0.151. The predicted octanol–water partition coefficient (Wildman–Crippen LogP) is 4.12. The number of rotatable bonds is 6. The summed E-state index contributed by atoms with van der Waals surface area (Å²) < 4.78 is 3.14. The second kappa shape index (κ2) is 7.96. The van der Waals surface area contributed by atoms with Crippen molar-refractivity contribution in [2.45, 2.75) is 18.6 Å². The van der Waals surface area contributed by atoms with Crippen LogP contribution in [0.25, 0.3) is 11.0 Å². The molecular weight excluding hydrogens is 408 g/mol. The predicted molar refractivity (Wildman–Crippen MR) is 104 cm³/mol. The molecule has 3 rings (SSSR count). The van der Waals surface area contributed by atoms with E-state index in [0.29, 0.717) is 0 Å². The van der Waals surface area contributed by atoms with Crippen molar-refractivity contribution < 1.29 is 4.79 Å². The summed E-state index contributed by atoms with van der Waals surface area (Å²) in [5, 5.41) is 4.82. The number of hydrazone groups is 1. The van der Waals surface area contributed by atoms with Crippen molar-refractivity contribution in [1.82, 2.24) is 15.0 Å². The molecule has 1 N–H and O–H groups in total. The lowest BCUT2D eigenvalue weighted by Crippen LogP contribution is -2.19. The highest BCUT2D eigenvalue weighted by Crippen LogP contribution is 2.23. The van der Waals surface area contributed by atoms with Gasteiger partial charge in [-0.3, -0.25) is 4.79 Å². The summed E-state index contributed by atoms with van der Waals surface area (Å²) in [6, 6.07) is 11.9. The van der Waals surface area contributed by atoms with E-state index in [2.05, 4.69) is 42.9 Å². The smallest absolute Gasteiger partial charge is 0.250 e. The maximum Gasteiger partial charge on any atom is 0.250 e. The number of para-hydroxylation sites is 2. The SMILES string of the molecule is CCn1c(SCC(=O)N/N=C\c2ccc(Br)s2)nc2ccccc21. The number of imidazole rings is 1. The van der Waals surface area contributed by atoms with Crippen molar-refractivity contribution in [2.75, 3.05) is 5.75 Å². The van der Waals surface area contributed by atoms with Crippen LogP contribution in [0.3, 0.4) is 0 Å². The van der Waals surface area contributed by atoms with E-state index in [1.54, 1.807) is 17.6 Å². The van der Waals surface area contributed by atoms with Crippen LogP contribution in [-0.4, -0.2) is 27.4 Å². The van der Waals surface area contributed by atoms with Crippen LogP contribution in [0.2, 0.25) is 0 Å². The maximum atomic E-state index is 11.9. The lowest BCUT2D eigenvalue weighted by molar-refractivity contribution is -0.118. The third kappa shape index (κ3) is 4.06. The fourth-order valence-corrected chi connectivity index (χ4v) is 4.36. The number of benzene rings is 1. The second-order valence-electron chi connectivity index (χ2n) is 4.85. The van der Waals surface area contributed by atoms with Gasteiger partial charge in [-0.05, 0) is 47.1 Å². The van der Waals surface area contributed by atoms with E-state index in [0.717, 1.165) is 31.4 Å². The third-order valence-electron chi connectivity index (χ3n) is 3.24. The first kappa shape index (κ1) is 17.2. The number of nitrogens with one attached hydrogen (secondary N) is 1. The molecule has 0 saturated carbocycles. The third-order valence-corrected chi connectivity index (χ3v) is 5.78. The zero-order chi connectivity index (χ0) is 16.9. The Labute approximate surface area is 156 Å². The molecular formula is C16H15BrN4OS2. The summed E-state index contributed by atoms with van der Waals surface area (Å²) in [5.41, 5.74) is 4.58. The molecule has 124 valence electrons. The standard InChI is InChI=1S/C16H15BrN4OS2/c1-2-21-13-6-4-3-5-12(13)19-16(21)23-10-15(22)20-18-9-11-7-8-14(17)24-11/h3-9H,2,10H2,1H3,(H,20,22)/b18-9-. The number of carbonyl (C=O) groups excluding carboxylic acids is 1. The van der Waals surface area contributed by atoms with E-state index in [-0.39, 0.29) is 11.7 Å². The van der Waals surface area contributed by atoms with E-state index < -0.39 is 0 Å². The Kier molecular flexibility index (Phi) is 5.70. The van der Waals surface area contributed by atoms with Crippen molar-refractivity contribution in [3.8, 4) is 0 Å². The molecule has 5 nitrogen and oxygen atoms in total. The summed E-state index contributed by atoms with van der Waals surface area (Å²) in [6.45, 7) is 2.89. The van der Waals surface area contributed by atoms with Crippen LogP contribution in [0.1, 0.15) is 11.8 Å². The molecule has 0 radical (unpaired) electrons. The highest BCUT2D eigenvalue weighted by molar-refractivity contribution is 9.11. The molecule has 24 heavy (non-hydrogen) atoms. The molecule has 1 aromatic carbocycles. The van der Waals surface area contributed by atoms with E-state index >= 15 is 0 Å². The van der Waals surface area contributed by atoms with Crippen LogP contribution in [0.15, 0.2) is 50.4 Å². The Morgan fingerprint density at radius 2 is 2.25 bits per heavy atom. The molecule has 0 aliphatic carbocycles. The normalized spacial score (nSPS) is 11.4. The molecule has 1 amide bonds. The van der Waals surface area contributed by atoms with Gasteiger partial charge in [-0.2, -0.15) is 5.10 Å². The van der Waals surface area contributed by atoms with Gasteiger partial charge < -0.3 is 4.57 Å². The number of thiophene rings is 1. The summed E-state index contributed by atoms with van der Waals surface area (Å²) in [7, 11) is 0. The van der Waals surface area contributed by atoms with Gasteiger partial charge in [-0.25, -0.2) is 10.4 Å². The lowest BCUT2D eigenvalue weighted by atomic mass is 10.3. The van der Waals surface area contributed by atoms with Crippen LogP contribution in [0.5, 0.6) is 0 Å². The van der Waals surface area contributed by atoms with Crippen molar-refractivity contribution in [3.05, 3.63) is 45.1 Å². The quantitative estimate of drug-likeness (QED) is 0.369. The van der Waals surface area contributed by atoms with Gasteiger partial charge in [0.05, 0.1) is 26.8 Å². The Hall–Kier alpha value is -1.64. The van der Waals surface area contributed by atoms with E-state index in [9.17, 15) is 4.79 Å². The molecule has 2 heterocycles. The summed E-state index contributed by atoms with van der Waals surface area (Å²) in [4.78, 5) is 17.5. The molecule has 2 aromatic heterocycles. The van der Waals surface area contributed by atoms with Gasteiger partial charge in [-0.15, -0.1) is 11.3 Å². The largest absolute Gasteiger partial charge is 0.319 e. The minimum Gasteiger partial charge on any atom is -0.319 e. The summed E-state index contributed by atoms with van der Waals surface area (Å²) in [5.74, 6) is 0.121. The molecule has 0 aliphatic rings. The molecule has 0 fully saturated rings. The first-order valence-electron chi connectivity index (χ1n) is 7.32. The molecule has 0 bridgehead atoms. The van der Waals surface area contributed by atoms with Gasteiger partial charge in [0.2, 0.25) is 0 Å². The summed E-state index contributed by atoms with van der Waals surface area (Å²) >= 11 is 6.36. The molecule has 3 aromatic rings. The summed E-state index contributed by atoms with van der Waals surface area (Å²) in [6.07, 6.45) is 1.64. The number of hydrogen-bond donors (Lipinski definition) is 1. The van der Waals surface area contributed by atoms with Gasteiger partial charge in [0.15, 0.2) is 5.16 Å². The number of thioether (sulfide) groups is 1. The van der Waals surface area contributed by atoms with Crippen LogP contribution in [0, 0.1) is 0 Å². The van der Waals surface area contributed by atoms with E-state index in [4.69, 9.17) is 0 Å². The lowest BCUT2D eigenvalue weighted by Gasteiger charge is -2.04. The molecule has 8 heteroatoms. The van der Waals surface area contributed by atoms with Crippen molar-refractivity contribution in [1.29, 1.82) is 0 Å². The zero-order valence-corrected chi connectivity index (χ0v) is 16.1. The highest BCUT2D eigenvalue weighted by atomic mass is 79.9. The number of amides is 1. The zero-order valence-electron chi connectivity index (χ0n) is 12.9. The molecule has 0 spiro atoms. The van der Waals surface area contributed by atoms with Gasteiger partial charge >= 0.3 is 0 Å². The highest BCUT2D eigenvalue weighted by Gasteiger charge is 2.11. The average Bonchev–Trinajstić information content (AvgIpc) is 3.15. The van der Waals surface area contributed by atoms with Gasteiger partial charge in [-0.1, -0.05) is 23.9 Å². The maximum absolute atomic E-state index is 11.9. The van der Waals surface area contributed by atoms with Crippen LogP contribution < -0.4 is 5.43 Å². The number of fused-ring (bicyclic) bond motifs is 1. The Balaban J connectivity index is 1.59. The number of aromatic nitrogens is 2.